The Morgan fingerprint density at radius 3 is 1.29 bits per heavy atom. The van der Waals surface area contributed by atoms with Crippen molar-refractivity contribution in [3.05, 3.63) is 0 Å². The summed E-state index contributed by atoms with van der Waals surface area (Å²) < 4.78 is 4.50. The number of hydrogen-bond acceptors (Lipinski definition) is 4. The van der Waals surface area contributed by atoms with E-state index in [2.05, 4.69) is 4.74 Å². The van der Waals surface area contributed by atoms with Crippen molar-refractivity contribution in [3.63, 3.8) is 0 Å². The third-order valence-electron chi connectivity index (χ3n) is 0.204. The summed E-state index contributed by atoms with van der Waals surface area (Å²) in [4.78, 5) is 21.7. The molecule has 1 saturated heterocycles. The zero-order chi connectivity index (χ0) is 5.70. The Bertz CT molecular complexity index is 31.2. The fourth-order valence-corrected chi connectivity index (χ4v) is 0. The Balaban J connectivity index is 0.000000105. The molecule has 0 aromatic carbocycles. The molecule has 0 bridgehead atoms. The lowest BCUT2D eigenvalue weighted by atomic mass is 11.0. The van der Waals surface area contributed by atoms with Gasteiger partial charge < -0.3 is 19.4 Å². The fourth-order valence-electron chi connectivity index (χ4n) is 0. The molecule has 0 amide bonds. The highest BCUT2D eigenvalue weighted by Crippen LogP contribution is 2.11. The molecule has 7 heavy (non-hydrogen) atoms. The van der Waals surface area contributed by atoms with E-state index in [4.69, 9.17) is 14.7 Å². The SMILES string of the molecule is C1CO1.OP(O)O. The summed E-state index contributed by atoms with van der Waals surface area (Å²) in [5.41, 5.74) is 0. The van der Waals surface area contributed by atoms with E-state index >= 15 is 0 Å². The van der Waals surface area contributed by atoms with Crippen LogP contribution < -0.4 is 0 Å². The Morgan fingerprint density at radius 1 is 1.14 bits per heavy atom. The van der Waals surface area contributed by atoms with Crippen LogP contribution in [0.2, 0.25) is 0 Å². The van der Waals surface area contributed by atoms with E-state index in [1.54, 1.807) is 0 Å². The van der Waals surface area contributed by atoms with Crippen molar-refractivity contribution in [3.8, 4) is 0 Å². The molecule has 0 aliphatic carbocycles. The van der Waals surface area contributed by atoms with Crippen LogP contribution in [0.5, 0.6) is 0 Å². The van der Waals surface area contributed by atoms with Crippen LogP contribution in [0.3, 0.4) is 0 Å². The molecule has 1 rings (SSSR count). The molecule has 0 radical (unpaired) electrons. The van der Waals surface area contributed by atoms with E-state index in [0.717, 1.165) is 13.2 Å². The van der Waals surface area contributed by atoms with Crippen LogP contribution in [0, 0.1) is 0 Å². The van der Waals surface area contributed by atoms with E-state index in [1.165, 1.54) is 0 Å². The molecule has 1 heterocycles. The van der Waals surface area contributed by atoms with Gasteiger partial charge in [-0.05, 0) is 0 Å². The molecule has 1 fully saturated rings. The zero-order valence-corrected chi connectivity index (χ0v) is 4.51. The Kier molecular flexibility index (Phi) is 4.60. The van der Waals surface area contributed by atoms with Gasteiger partial charge in [-0.1, -0.05) is 0 Å². The molecule has 0 aromatic rings. The van der Waals surface area contributed by atoms with Crippen LogP contribution in [0.1, 0.15) is 0 Å². The first kappa shape index (κ1) is 7.27. The second kappa shape index (κ2) is 4.43. The molecule has 1 aliphatic rings. The zero-order valence-electron chi connectivity index (χ0n) is 3.61. The standard InChI is InChI=1S/C2H4O.H3O3P/c1-2-3-1;1-4(2)3/h1-2H2;1-3H. The van der Waals surface area contributed by atoms with Crippen LogP contribution in [-0.4, -0.2) is 27.9 Å². The fraction of sp³-hybridized carbons (Fsp3) is 1.00. The third-order valence-corrected chi connectivity index (χ3v) is 0.204. The van der Waals surface area contributed by atoms with Gasteiger partial charge in [0.05, 0.1) is 13.2 Å². The summed E-state index contributed by atoms with van der Waals surface area (Å²) >= 11 is 0. The van der Waals surface area contributed by atoms with Gasteiger partial charge in [-0.15, -0.1) is 0 Å². The maximum absolute atomic E-state index is 7.23. The topological polar surface area (TPSA) is 73.2 Å². The van der Waals surface area contributed by atoms with Gasteiger partial charge in [-0.2, -0.15) is 0 Å². The molecule has 0 spiro atoms. The van der Waals surface area contributed by atoms with Crippen molar-refractivity contribution in [1.29, 1.82) is 0 Å². The van der Waals surface area contributed by atoms with Crippen molar-refractivity contribution in [1.82, 2.24) is 0 Å². The first-order valence-corrected chi connectivity index (χ1v) is 2.88. The van der Waals surface area contributed by atoms with Crippen LogP contribution in [-0.2, 0) is 4.74 Å². The first-order chi connectivity index (χ1) is 3.23. The molecule has 0 unspecified atom stereocenters. The first-order valence-electron chi connectivity index (χ1n) is 1.68. The average molecular weight is 126 g/mol. The van der Waals surface area contributed by atoms with Gasteiger partial charge in [-0.3, -0.25) is 0 Å². The number of rotatable bonds is 0. The predicted molar refractivity (Wildman–Crippen MR) is 24.4 cm³/mol. The molecule has 0 saturated carbocycles. The lowest BCUT2D eigenvalue weighted by molar-refractivity contribution is 0.368. The molecular formula is C2H7O4P. The van der Waals surface area contributed by atoms with Gasteiger partial charge in [0, 0.05) is 0 Å². The van der Waals surface area contributed by atoms with Gasteiger partial charge in [0.2, 0.25) is 0 Å². The smallest absolute Gasteiger partial charge is 0.324 e. The second-order valence-corrected chi connectivity index (χ2v) is 1.42. The Labute approximate surface area is 42.4 Å². The average Bonchev–Trinajstić information content (AvgIpc) is 2.02. The molecule has 0 atom stereocenters. The molecule has 0 aromatic heterocycles. The molecule has 5 heteroatoms. The summed E-state index contributed by atoms with van der Waals surface area (Å²) in [5, 5.41) is 0. The van der Waals surface area contributed by atoms with E-state index in [9.17, 15) is 0 Å². The van der Waals surface area contributed by atoms with E-state index < -0.39 is 8.60 Å². The van der Waals surface area contributed by atoms with E-state index in [1.807, 2.05) is 0 Å². The van der Waals surface area contributed by atoms with Crippen LogP contribution in [0.15, 0.2) is 0 Å². The van der Waals surface area contributed by atoms with Gasteiger partial charge >= 0.3 is 8.60 Å². The van der Waals surface area contributed by atoms with Crippen molar-refractivity contribution >= 4 is 8.60 Å². The summed E-state index contributed by atoms with van der Waals surface area (Å²) in [6.45, 7) is 2.00. The van der Waals surface area contributed by atoms with Crippen molar-refractivity contribution in [2.45, 2.75) is 0 Å². The van der Waals surface area contributed by atoms with Gasteiger partial charge in [0.25, 0.3) is 0 Å². The normalized spacial score (nSPS) is 15.4. The van der Waals surface area contributed by atoms with Gasteiger partial charge in [-0.25, -0.2) is 0 Å². The quantitative estimate of drug-likeness (QED) is 0.293. The molecule has 4 nitrogen and oxygen atoms in total. The second-order valence-electron chi connectivity index (χ2n) is 0.881. The third kappa shape index (κ3) is 70.9. The summed E-state index contributed by atoms with van der Waals surface area (Å²) in [7, 11) is -2.62. The number of hydrogen-bond donors (Lipinski definition) is 3. The summed E-state index contributed by atoms with van der Waals surface area (Å²) in [6, 6.07) is 0. The Morgan fingerprint density at radius 2 is 1.29 bits per heavy atom. The minimum Gasteiger partial charge on any atom is -0.377 e. The monoisotopic (exact) mass is 126 g/mol. The highest BCUT2D eigenvalue weighted by atomic mass is 31.2. The van der Waals surface area contributed by atoms with Crippen LogP contribution in [0.4, 0.5) is 0 Å². The summed E-state index contributed by atoms with van der Waals surface area (Å²) in [6.07, 6.45) is 0. The number of epoxide rings is 1. The maximum Gasteiger partial charge on any atom is 0.324 e. The lowest BCUT2D eigenvalue weighted by Crippen LogP contribution is -1.54. The summed E-state index contributed by atoms with van der Waals surface area (Å²) in [5.74, 6) is 0. The molecular weight excluding hydrogens is 119 g/mol. The molecule has 1 aliphatic heterocycles. The predicted octanol–water partition coefficient (Wildman–Crippen LogP) is -0.793. The largest absolute Gasteiger partial charge is 0.377 e. The van der Waals surface area contributed by atoms with Gasteiger partial charge in [0.15, 0.2) is 0 Å². The van der Waals surface area contributed by atoms with Crippen molar-refractivity contribution in [2.75, 3.05) is 13.2 Å². The highest BCUT2D eigenvalue weighted by molar-refractivity contribution is 7.38. The minimum atomic E-state index is -2.62. The molecule has 44 valence electrons. The lowest BCUT2D eigenvalue weighted by Gasteiger charge is -1.76. The highest BCUT2D eigenvalue weighted by Gasteiger charge is 1.94. The van der Waals surface area contributed by atoms with E-state index in [0.29, 0.717) is 0 Å². The van der Waals surface area contributed by atoms with Crippen molar-refractivity contribution < 1.29 is 19.4 Å². The minimum absolute atomic E-state index is 1.00. The van der Waals surface area contributed by atoms with Crippen molar-refractivity contribution in [2.24, 2.45) is 0 Å². The van der Waals surface area contributed by atoms with Gasteiger partial charge in [0.1, 0.15) is 0 Å². The molecule has 3 N–H and O–H groups in total. The van der Waals surface area contributed by atoms with Crippen LogP contribution >= 0.6 is 8.60 Å². The maximum atomic E-state index is 7.23. The van der Waals surface area contributed by atoms with E-state index in [-0.39, 0.29) is 0 Å². The Hall–Kier alpha value is 0.270. The number of ether oxygens (including phenoxy) is 1. The van der Waals surface area contributed by atoms with Crippen LogP contribution in [0.25, 0.3) is 0 Å².